The number of carbonyl (C=O) groups is 1. The van der Waals surface area contributed by atoms with Crippen LogP contribution in [0.1, 0.15) is 39.8 Å². The summed E-state index contributed by atoms with van der Waals surface area (Å²) in [7, 11) is -1.82. The highest BCUT2D eigenvalue weighted by Gasteiger charge is 2.32. The van der Waals surface area contributed by atoms with E-state index in [0.29, 0.717) is 19.5 Å². The van der Waals surface area contributed by atoms with Crippen LogP contribution in [0.25, 0.3) is 0 Å². The van der Waals surface area contributed by atoms with Gasteiger partial charge < -0.3 is 9.47 Å². The fourth-order valence-electron chi connectivity index (χ4n) is 3.19. The quantitative estimate of drug-likeness (QED) is 0.592. The van der Waals surface area contributed by atoms with Gasteiger partial charge in [-0.25, -0.2) is 8.42 Å². The van der Waals surface area contributed by atoms with Crippen molar-refractivity contribution in [2.24, 2.45) is 13.0 Å². The molecule has 0 N–H and O–H groups in total. The summed E-state index contributed by atoms with van der Waals surface area (Å²) in [6.45, 7) is 8.75. The maximum Gasteiger partial charge on any atom is 0.243 e. The van der Waals surface area contributed by atoms with Gasteiger partial charge in [0.2, 0.25) is 15.9 Å². The Morgan fingerprint density at radius 2 is 1.72 bits per heavy atom. The highest BCUT2D eigenvalue weighted by atomic mass is 32.2. The molecule has 1 aromatic heterocycles. The van der Waals surface area contributed by atoms with E-state index in [0.717, 1.165) is 5.69 Å². The minimum atomic E-state index is -3.76. The summed E-state index contributed by atoms with van der Waals surface area (Å²) in [5.41, 5.74) is 1.01. The summed E-state index contributed by atoms with van der Waals surface area (Å²) in [4.78, 5) is 15.2. The molecule has 0 aliphatic heterocycles. The minimum absolute atomic E-state index is 0.163. The van der Waals surface area contributed by atoms with Gasteiger partial charge in [-0.3, -0.25) is 4.79 Å². The van der Waals surface area contributed by atoms with Crippen molar-refractivity contribution in [1.82, 2.24) is 13.8 Å². The first kappa shape index (κ1) is 23.2. The zero-order valence-electron chi connectivity index (χ0n) is 18.1. The van der Waals surface area contributed by atoms with Gasteiger partial charge >= 0.3 is 0 Å². The van der Waals surface area contributed by atoms with E-state index in [1.54, 1.807) is 35.2 Å². The summed E-state index contributed by atoms with van der Waals surface area (Å²) < 4.78 is 29.8. The van der Waals surface area contributed by atoms with Crippen LogP contribution in [0, 0.1) is 5.92 Å². The number of carbonyl (C=O) groups excluding carboxylic acids is 1. The van der Waals surface area contributed by atoms with Gasteiger partial charge in [-0.15, -0.1) is 0 Å². The minimum Gasteiger partial charge on any atom is -0.353 e. The summed E-state index contributed by atoms with van der Waals surface area (Å²) in [6, 6.07) is 12.0. The third kappa shape index (κ3) is 5.93. The van der Waals surface area contributed by atoms with Gasteiger partial charge in [0.15, 0.2) is 0 Å². The van der Waals surface area contributed by atoms with Crippen molar-refractivity contribution >= 4 is 15.9 Å². The third-order valence-electron chi connectivity index (χ3n) is 5.07. The highest BCUT2D eigenvalue weighted by molar-refractivity contribution is 7.89. The lowest BCUT2D eigenvalue weighted by Gasteiger charge is -2.31. The molecule has 0 bridgehead atoms. The van der Waals surface area contributed by atoms with Crippen molar-refractivity contribution in [3.8, 4) is 0 Å². The summed E-state index contributed by atoms with van der Waals surface area (Å²) >= 11 is 0. The first-order chi connectivity index (χ1) is 13.7. The summed E-state index contributed by atoms with van der Waals surface area (Å²) in [5, 5.41) is 0. The second-order valence-corrected chi connectivity index (χ2v) is 9.79. The van der Waals surface area contributed by atoms with Gasteiger partial charge in [0.25, 0.3) is 0 Å². The molecule has 0 radical (unpaired) electrons. The van der Waals surface area contributed by atoms with E-state index in [-0.39, 0.29) is 29.3 Å². The monoisotopic (exact) mass is 419 g/mol. The number of aryl methyl sites for hydroxylation is 1. The highest BCUT2D eigenvalue weighted by Crippen LogP contribution is 2.20. The molecule has 1 unspecified atom stereocenters. The Balaban J connectivity index is 2.30. The number of sulfonamides is 1. The Morgan fingerprint density at radius 1 is 1.07 bits per heavy atom. The molecule has 0 spiro atoms. The van der Waals surface area contributed by atoms with Gasteiger partial charge in [-0.05, 0) is 43.5 Å². The van der Waals surface area contributed by atoms with Gasteiger partial charge in [-0.1, -0.05) is 39.0 Å². The number of hydrogen-bond donors (Lipinski definition) is 0. The first-order valence-corrected chi connectivity index (χ1v) is 11.6. The molecule has 7 heteroatoms. The SMILES string of the molecule is CCC(C)N(CC(=O)N(Cc1cccn1C)CC(C)C)S(=O)(=O)c1ccccc1. The zero-order chi connectivity index (χ0) is 21.6. The maximum atomic E-state index is 13.2. The van der Waals surface area contributed by atoms with E-state index in [2.05, 4.69) is 13.8 Å². The normalized spacial score (nSPS) is 13.1. The summed E-state index contributed by atoms with van der Waals surface area (Å²) in [5.74, 6) is 0.0988. The number of aromatic nitrogens is 1. The van der Waals surface area contributed by atoms with E-state index >= 15 is 0 Å². The van der Waals surface area contributed by atoms with Crippen LogP contribution in [-0.4, -0.2) is 47.2 Å². The number of nitrogens with zero attached hydrogens (tertiary/aromatic N) is 3. The van der Waals surface area contributed by atoms with Gasteiger partial charge in [-0.2, -0.15) is 4.31 Å². The smallest absolute Gasteiger partial charge is 0.243 e. The van der Waals surface area contributed by atoms with Crippen molar-refractivity contribution in [3.05, 3.63) is 54.4 Å². The first-order valence-electron chi connectivity index (χ1n) is 10.1. The predicted octanol–water partition coefficient (Wildman–Crippen LogP) is 3.50. The van der Waals surface area contributed by atoms with Crippen LogP contribution >= 0.6 is 0 Å². The molecular weight excluding hydrogens is 386 g/mol. The van der Waals surface area contributed by atoms with Crippen LogP contribution in [-0.2, 0) is 28.4 Å². The van der Waals surface area contributed by atoms with Gasteiger partial charge in [0.05, 0.1) is 18.0 Å². The molecule has 29 heavy (non-hydrogen) atoms. The molecule has 0 aliphatic rings. The van der Waals surface area contributed by atoms with Crippen molar-refractivity contribution in [1.29, 1.82) is 0 Å². The van der Waals surface area contributed by atoms with Crippen LogP contribution in [0.15, 0.2) is 53.6 Å². The van der Waals surface area contributed by atoms with E-state index < -0.39 is 10.0 Å². The molecule has 0 saturated heterocycles. The van der Waals surface area contributed by atoms with Crippen LogP contribution in [0.5, 0.6) is 0 Å². The molecule has 2 rings (SSSR count). The van der Waals surface area contributed by atoms with Crippen molar-refractivity contribution in [2.75, 3.05) is 13.1 Å². The Hall–Kier alpha value is -2.12. The number of rotatable bonds is 10. The second-order valence-electron chi connectivity index (χ2n) is 7.90. The molecule has 1 heterocycles. The Morgan fingerprint density at radius 3 is 2.24 bits per heavy atom. The summed E-state index contributed by atoms with van der Waals surface area (Å²) in [6.07, 6.45) is 2.57. The Labute approximate surface area is 175 Å². The number of benzene rings is 1. The molecule has 1 aromatic carbocycles. The zero-order valence-corrected chi connectivity index (χ0v) is 18.9. The Kier molecular flexibility index (Phi) is 8.05. The van der Waals surface area contributed by atoms with Crippen LogP contribution in [0.3, 0.4) is 0 Å². The molecule has 1 atom stereocenters. The molecule has 6 nitrogen and oxygen atoms in total. The lowest BCUT2D eigenvalue weighted by Crippen LogP contribution is -2.47. The van der Waals surface area contributed by atoms with E-state index in [4.69, 9.17) is 0 Å². The van der Waals surface area contributed by atoms with Crippen molar-refractivity contribution < 1.29 is 13.2 Å². The van der Waals surface area contributed by atoms with Crippen LogP contribution in [0.4, 0.5) is 0 Å². The lowest BCUT2D eigenvalue weighted by atomic mass is 10.2. The fourth-order valence-corrected chi connectivity index (χ4v) is 4.87. The number of hydrogen-bond acceptors (Lipinski definition) is 3. The third-order valence-corrected chi connectivity index (χ3v) is 7.04. The molecule has 2 aromatic rings. The molecule has 0 saturated carbocycles. The number of amides is 1. The maximum absolute atomic E-state index is 13.2. The fraction of sp³-hybridized carbons (Fsp3) is 0.500. The molecule has 160 valence electrons. The second kappa shape index (κ2) is 10.1. The molecule has 0 aliphatic carbocycles. The lowest BCUT2D eigenvalue weighted by molar-refractivity contribution is -0.133. The average Bonchev–Trinajstić information content (AvgIpc) is 3.09. The van der Waals surface area contributed by atoms with Gasteiger partial charge in [0, 0.05) is 31.5 Å². The molecule has 1 amide bonds. The molecule has 0 fully saturated rings. The van der Waals surface area contributed by atoms with Crippen LogP contribution in [0.2, 0.25) is 0 Å². The average molecular weight is 420 g/mol. The van der Waals surface area contributed by atoms with Crippen molar-refractivity contribution in [3.63, 3.8) is 0 Å². The van der Waals surface area contributed by atoms with E-state index in [1.165, 1.54) is 4.31 Å². The van der Waals surface area contributed by atoms with Gasteiger partial charge in [0.1, 0.15) is 0 Å². The van der Waals surface area contributed by atoms with Crippen molar-refractivity contribution in [2.45, 2.75) is 51.6 Å². The van der Waals surface area contributed by atoms with E-state index in [9.17, 15) is 13.2 Å². The largest absolute Gasteiger partial charge is 0.353 e. The van der Waals surface area contributed by atoms with E-state index in [1.807, 2.05) is 43.8 Å². The Bertz CT molecular complexity index is 891. The topological polar surface area (TPSA) is 62.6 Å². The molecular formula is C22H33N3O3S. The standard InChI is InChI=1S/C22H33N3O3S/c1-6-19(4)25(29(27,28)21-12-8-7-9-13-21)17-22(26)24(15-18(2)3)16-20-11-10-14-23(20)5/h7-14,18-19H,6,15-17H2,1-5H3. The van der Waals surface area contributed by atoms with Crippen LogP contribution < -0.4 is 0 Å². The predicted molar refractivity (Wildman–Crippen MR) is 116 cm³/mol.